The van der Waals surface area contributed by atoms with Gasteiger partial charge in [0.1, 0.15) is 11.1 Å². The van der Waals surface area contributed by atoms with Crippen LogP contribution in [0.3, 0.4) is 0 Å². The van der Waals surface area contributed by atoms with Crippen LogP contribution in [0, 0.1) is 25.2 Å². The smallest absolute Gasteiger partial charge is 0.249 e. The van der Waals surface area contributed by atoms with Crippen molar-refractivity contribution in [1.29, 1.82) is 5.26 Å². The zero-order valence-electron chi connectivity index (χ0n) is 14.9. The van der Waals surface area contributed by atoms with Crippen LogP contribution in [-0.2, 0) is 4.79 Å². The van der Waals surface area contributed by atoms with Gasteiger partial charge in [-0.25, -0.2) is 0 Å². The summed E-state index contributed by atoms with van der Waals surface area (Å²) < 4.78 is 0.986. The average molecular weight is 437 g/mol. The lowest BCUT2D eigenvalue weighted by molar-refractivity contribution is -0.111. The maximum absolute atomic E-state index is 12.3. The third kappa shape index (κ3) is 4.54. The molecule has 134 valence electrons. The van der Waals surface area contributed by atoms with Crippen LogP contribution in [0.5, 0.6) is 0 Å². The van der Waals surface area contributed by atoms with Crippen molar-refractivity contribution in [2.24, 2.45) is 0 Å². The second-order valence-corrected chi connectivity index (χ2v) is 7.95. The fraction of sp³-hybridized carbons (Fsp3) is 0.0909. The standard InChI is InChI=1S/C22H17BrN2OS/c1-14-3-4-15(2)18(11-14)20-13-27-22(19(20)12-24)25-21(26)10-7-16-5-8-17(23)9-6-16/h3-11,13H,1-2H3,(H,25,26). The SMILES string of the molecule is Cc1ccc(C)c(-c2csc(NC(=O)C=Cc3ccc(Br)cc3)c2C#N)c1. The highest BCUT2D eigenvalue weighted by atomic mass is 79.9. The quantitative estimate of drug-likeness (QED) is 0.486. The molecule has 3 nitrogen and oxygen atoms in total. The third-order valence-corrected chi connectivity index (χ3v) is 5.54. The van der Waals surface area contributed by atoms with Crippen molar-refractivity contribution in [2.45, 2.75) is 13.8 Å². The van der Waals surface area contributed by atoms with Crippen molar-refractivity contribution < 1.29 is 4.79 Å². The molecule has 1 heterocycles. The van der Waals surface area contributed by atoms with E-state index < -0.39 is 0 Å². The number of hydrogen-bond donors (Lipinski definition) is 1. The average Bonchev–Trinajstić information content (AvgIpc) is 3.05. The van der Waals surface area contributed by atoms with Crippen LogP contribution in [-0.4, -0.2) is 5.91 Å². The molecule has 0 saturated carbocycles. The van der Waals surface area contributed by atoms with Crippen LogP contribution in [0.2, 0.25) is 0 Å². The van der Waals surface area contributed by atoms with Gasteiger partial charge in [0.15, 0.2) is 0 Å². The van der Waals surface area contributed by atoms with Gasteiger partial charge in [-0.3, -0.25) is 4.79 Å². The minimum atomic E-state index is -0.260. The molecule has 2 aromatic carbocycles. The molecule has 0 atom stereocenters. The molecule has 0 unspecified atom stereocenters. The highest BCUT2D eigenvalue weighted by Gasteiger charge is 2.16. The number of nitriles is 1. The van der Waals surface area contributed by atoms with Crippen LogP contribution < -0.4 is 5.32 Å². The van der Waals surface area contributed by atoms with E-state index in [0.717, 1.165) is 32.3 Å². The first-order chi connectivity index (χ1) is 13.0. The maximum Gasteiger partial charge on any atom is 0.249 e. The Hall–Kier alpha value is -2.68. The summed E-state index contributed by atoms with van der Waals surface area (Å²) in [6, 6.07) is 16.1. The zero-order valence-corrected chi connectivity index (χ0v) is 17.3. The molecule has 5 heteroatoms. The van der Waals surface area contributed by atoms with E-state index in [1.807, 2.05) is 55.6 Å². The van der Waals surface area contributed by atoms with Gasteiger partial charge >= 0.3 is 0 Å². The van der Waals surface area contributed by atoms with E-state index in [1.54, 1.807) is 6.08 Å². The largest absolute Gasteiger partial charge is 0.313 e. The lowest BCUT2D eigenvalue weighted by atomic mass is 9.98. The number of carbonyl (C=O) groups excluding carboxylic acids is 1. The van der Waals surface area contributed by atoms with Gasteiger partial charge in [0.25, 0.3) is 0 Å². The normalized spacial score (nSPS) is 10.7. The fourth-order valence-electron chi connectivity index (χ4n) is 2.68. The number of nitrogens with one attached hydrogen (secondary N) is 1. The summed E-state index contributed by atoms with van der Waals surface area (Å²) in [5.74, 6) is -0.260. The van der Waals surface area contributed by atoms with E-state index in [1.165, 1.54) is 17.4 Å². The molecule has 27 heavy (non-hydrogen) atoms. The monoisotopic (exact) mass is 436 g/mol. The predicted octanol–water partition coefficient (Wildman–Crippen LogP) is 6.32. The molecular formula is C22H17BrN2OS. The van der Waals surface area contributed by atoms with Crippen LogP contribution in [0.1, 0.15) is 22.3 Å². The van der Waals surface area contributed by atoms with Gasteiger partial charge in [-0.15, -0.1) is 11.3 Å². The van der Waals surface area contributed by atoms with Gasteiger partial charge in [-0.05, 0) is 48.7 Å². The van der Waals surface area contributed by atoms with E-state index in [-0.39, 0.29) is 5.91 Å². The number of hydrogen-bond acceptors (Lipinski definition) is 3. The Morgan fingerprint density at radius 1 is 1.15 bits per heavy atom. The summed E-state index contributed by atoms with van der Waals surface area (Å²) in [6.45, 7) is 4.05. The third-order valence-electron chi connectivity index (χ3n) is 4.12. The first-order valence-corrected chi connectivity index (χ1v) is 9.99. The second-order valence-electron chi connectivity index (χ2n) is 6.16. The first-order valence-electron chi connectivity index (χ1n) is 8.32. The molecular weight excluding hydrogens is 420 g/mol. The van der Waals surface area contributed by atoms with Crippen LogP contribution >= 0.6 is 27.3 Å². The van der Waals surface area contributed by atoms with Crippen LogP contribution in [0.25, 0.3) is 17.2 Å². The topological polar surface area (TPSA) is 52.9 Å². The van der Waals surface area contributed by atoms with Gasteiger partial charge in [-0.1, -0.05) is 51.8 Å². The van der Waals surface area contributed by atoms with Crippen molar-refractivity contribution in [3.05, 3.63) is 80.6 Å². The molecule has 0 aliphatic carbocycles. The number of benzene rings is 2. The number of anilines is 1. The summed E-state index contributed by atoms with van der Waals surface area (Å²) in [6.07, 6.45) is 3.22. The van der Waals surface area contributed by atoms with Crippen LogP contribution in [0.15, 0.2) is 58.4 Å². The Balaban J connectivity index is 1.83. The number of halogens is 1. The molecule has 0 fully saturated rings. The van der Waals surface area contributed by atoms with Gasteiger partial charge in [-0.2, -0.15) is 5.26 Å². The predicted molar refractivity (Wildman–Crippen MR) is 116 cm³/mol. The maximum atomic E-state index is 12.3. The van der Waals surface area contributed by atoms with Crippen molar-refractivity contribution in [3.63, 3.8) is 0 Å². The number of carbonyl (C=O) groups is 1. The summed E-state index contributed by atoms with van der Waals surface area (Å²) in [5, 5.41) is 15.0. The Morgan fingerprint density at radius 2 is 1.89 bits per heavy atom. The van der Waals surface area contributed by atoms with Crippen molar-refractivity contribution >= 4 is 44.3 Å². The Kier molecular flexibility index (Phi) is 5.90. The lowest BCUT2D eigenvalue weighted by Gasteiger charge is -2.06. The van der Waals surface area contributed by atoms with Crippen molar-refractivity contribution in [1.82, 2.24) is 0 Å². The van der Waals surface area contributed by atoms with Gasteiger partial charge in [0.2, 0.25) is 5.91 Å². The summed E-state index contributed by atoms with van der Waals surface area (Å²) in [7, 11) is 0. The Bertz CT molecular complexity index is 1060. The van der Waals surface area contributed by atoms with Gasteiger partial charge < -0.3 is 5.32 Å². The Labute approximate surface area is 171 Å². The number of aryl methyl sites for hydroxylation is 2. The molecule has 0 saturated heterocycles. The molecule has 0 radical (unpaired) electrons. The van der Waals surface area contributed by atoms with E-state index in [4.69, 9.17) is 0 Å². The minimum absolute atomic E-state index is 0.260. The fourth-order valence-corrected chi connectivity index (χ4v) is 3.86. The molecule has 0 aliphatic heterocycles. The van der Waals surface area contributed by atoms with Crippen molar-refractivity contribution in [2.75, 3.05) is 5.32 Å². The number of thiophene rings is 1. The van der Waals surface area contributed by atoms with Gasteiger partial charge in [0.05, 0.1) is 5.56 Å². The minimum Gasteiger partial charge on any atom is -0.313 e. The molecule has 1 amide bonds. The van der Waals surface area contributed by atoms with Crippen LogP contribution in [0.4, 0.5) is 5.00 Å². The molecule has 0 aliphatic rings. The van der Waals surface area contributed by atoms with Crippen molar-refractivity contribution in [3.8, 4) is 17.2 Å². The number of nitrogens with zero attached hydrogens (tertiary/aromatic N) is 1. The molecule has 3 rings (SSSR count). The second kappa shape index (κ2) is 8.34. The molecule has 1 aromatic heterocycles. The summed E-state index contributed by atoms with van der Waals surface area (Å²) in [5.41, 5.74) is 5.54. The number of rotatable bonds is 4. The van der Waals surface area contributed by atoms with Gasteiger partial charge in [0, 0.05) is 21.5 Å². The molecule has 0 spiro atoms. The lowest BCUT2D eigenvalue weighted by Crippen LogP contribution is -2.07. The first kappa shape index (κ1) is 19.1. The van der Waals surface area contributed by atoms with E-state index in [9.17, 15) is 10.1 Å². The van der Waals surface area contributed by atoms with E-state index >= 15 is 0 Å². The van der Waals surface area contributed by atoms with E-state index in [0.29, 0.717) is 10.6 Å². The summed E-state index contributed by atoms with van der Waals surface area (Å²) in [4.78, 5) is 12.3. The highest BCUT2D eigenvalue weighted by Crippen LogP contribution is 2.36. The molecule has 1 N–H and O–H groups in total. The van der Waals surface area contributed by atoms with E-state index in [2.05, 4.69) is 33.4 Å². The number of amides is 1. The highest BCUT2D eigenvalue weighted by molar-refractivity contribution is 9.10. The molecule has 0 bridgehead atoms. The molecule has 3 aromatic rings. The Morgan fingerprint density at radius 3 is 2.59 bits per heavy atom. The summed E-state index contributed by atoms with van der Waals surface area (Å²) >= 11 is 4.75. The zero-order chi connectivity index (χ0) is 19.4.